The van der Waals surface area contributed by atoms with E-state index in [2.05, 4.69) is 38.5 Å². The van der Waals surface area contributed by atoms with Gasteiger partial charge in [-0.15, -0.1) is 0 Å². The van der Waals surface area contributed by atoms with Crippen LogP contribution in [-0.4, -0.2) is 85.7 Å². The molecule has 2 amide bonds. The van der Waals surface area contributed by atoms with Crippen LogP contribution < -0.4 is 9.64 Å². The topological polar surface area (TPSA) is 116 Å². The SMILES string of the molecule is CO[C@H]1/C=C/C[C@H](C)CS(=O)(C=NC(=O)COC2(C)CCOCC2)=NC(=O)c2ccc3c(c2)N(C[C@@H]2CC[C@H]21)C[C@@]1(CCCc2cc(Cl)ccc21)CO3. The number of methoxy groups -OCH3 is 1. The molecular formula is C41H52ClN3O7S. The Kier molecular flexibility index (Phi) is 11.5. The molecule has 2 aromatic carbocycles. The molecule has 3 heterocycles. The second kappa shape index (κ2) is 15.9. The van der Waals surface area contributed by atoms with Gasteiger partial charge in [0, 0.05) is 55.2 Å². The van der Waals surface area contributed by atoms with E-state index >= 15 is 0 Å². The molecule has 2 aliphatic carbocycles. The van der Waals surface area contributed by atoms with Gasteiger partial charge in [0.1, 0.15) is 17.9 Å². The lowest BCUT2D eigenvalue weighted by Gasteiger charge is -2.46. The van der Waals surface area contributed by atoms with Crippen LogP contribution in [0.3, 0.4) is 0 Å². The highest BCUT2D eigenvalue weighted by molar-refractivity contribution is 8.06. The molecule has 1 unspecified atom stereocenters. The second-order valence-corrected chi connectivity index (χ2v) is 18.5. The first-order valence-electron chi connectivity index (χ1n) is 19.1. The number of nitrogens with zero attached hydrogens (tertiary/aromatic N) is 3. The molecule has 3 aliphatic heterocycles. The van der Waals surface area contributed by atoms with Crippen LogP contribution in [0.4, 0.5) is 5.69 Å². The molecule has 6 atom stereocenters. The monoisotopic (exact) mass is 765 g/mol. The Labute approximate surface area is 318 Å². The van der Waals surface area contributed by atoms with Crippen LogP contribution in [0.5, 0.6) is 5.75 Å². The molecule has 10 nitrogen and oxygen atoms in total. The van der Waals surface area contributed by atoms with Gasteiger partial charge in [-0.05, 0) is 118 Å². The summed E-state index contributed by atoms with van der Waals surface area (Å²) in [7, 11) is -1.61. The van der Waals surface area contributed by atoms with Crippen LogP contribution in [-0.2, 0) is 40.6 Å². The van der Waals surface area contributed by atoms with Gasteiger partial charge in [-0.2, -0.15) is 4.36 Å². The first kappa shape index (κ1) is 38.2. The largest absolute Gasteiger partial charge is 0.490 e. The number of halogens is 1. The third kappa shape index (κ3) is 8.59. The van der Waals surface area contributed by atoms with E-state index < -0.39 is 27.1 Å². The molecule has 1 saturated heterocycles. The van der Waals surface area contributed by atoms with Crippen LogP contribution >= 0.6 is 11.6 Å². The zero-order valence-corrected chi connectivity index (χ0v) is 32.7. The molecule has 286 valence electrons. The lowest BCUT2D eigenvalue weighted by Crippen LogP contribution is -2.49. The molecule has 5 aliphatic rings. The van der Waals surface area contributed by atoms with Gasteiger partial charge in [0.2, 0.25) is 0 Å². The molecule has 2 aromatic rings. The normalized spacial score (nSPS) is 32.1. The summed E-state index contributed by atoms with van der Waals surface area (Å²) in [6, 6.07) is 11.6. The summed E-state index contributed by atoms with van der Waals surface area (Å²) >= 11 is 6.46. The predicted molar refractivity (Wildman–Crippen MR) is 208 cm³/mol. The number of anilines is 1. The molecule has 12 heteroatoms. The van der Waals surface area contributed by atoms with Crippen molar-refractivity contribution >= 4 is 44.4 Å². The number of amides is 2. The Morgan fingerprint density at radius 2 is 2.00 bits per heavy atom. The fourth-order valence-electron chi connectivity index (χ4n) is 8.76. The zero-order chi connectivity index (χ0) is 37.2. The number of hydrogen-bond acceptors (Lipinski definition) is 8. The van der Waals surface area contributed by atoms with Gasteiger partial charge in [0.05, 0.1) is 33.7 Å². The molecule has 0 radical (unpaired) electrons. The van der Waals surface area contributed by atoms with Crippen molar-refractivity contribution in [2.75, 3.05) is 57.3 Å². The summed E-state index contributed by atoms with van der Waals surface area (Å²) in [5.41, 5.74) is 4.02. The second-order valence-electron chi connectivity index (χ2n) is 16.0. The summed E-state index contributed by atoms with van der Waals surface area (Å²) in [5, 5.41) is 0.740. The van der Waals surface area contributed by atoms with Crippen LogP contribution in [0.25, 0.3) is 0 Å². The van der Waals surface area contributed by atoms with E-state index in [0.29, 0.717) is 62.2 Å². The summed E-state index contributed by atoms with van der Waals surface area (Å²) in [6.45, 7) is 6.81. The van der Waals surface area contributed by atoms with Crippen molar-refractivity contribution in [2.45, 2.75) is 82.3 Å². The smallest absolute Gasteiger partial charge is 0.285 e. The average molecular weight is 766 g/mol. The molecule has 2 bridgehead atoms. The van der Waals surface area contributed by atoms with E-state index in [1.807, 2.05) is 32.0 Å². The maximum absolute atomic E-state index is 14.5. The standard InChI is InChI=1S/C41H52ClN3O7S/c1-28-6-4-8-36(49-3)33-12-9-31(33)22-45-25-41(15-5-7-29-20-32(42)11-13-34(29)41)26-51-37-14-10-30(21-35(37)45)39(47)44-53(48,24-28)27-43-38(46)23-52-40(2)16-18-50-19-17-40/h4,8,10-11,13-14,20-21,27-28,31,33,36H,5-7,9,12,15-19,22-26H2,1-3H3/b8-4+,43-27?/t28-,31-,33+,36-,41-,53?/m0/s1. The summed E-state index contributed by atoms with van der Waals surface area (Å²) < 4.78 is 42.9. The number of ether oxygens (including phenoxy) is 4. The Morgan fingerprint density at radius 1 is 1.17 bits per heavy atom. The Morgan fingerprint density at radius 3 is 2.77 bits per heavy atom. The van der Waals surface area contributed by atoms with E-state index in [9.17, 15) is 13.8 Å². The maximum Gasteiger partial charge on any atom is 0.285 e. The van der Waals surface area contributed by atoms with Gasteiger partial charge in [0.15, 0.2) is 0 Å². The van der Waals surface area contributed by atoms with E-state index in [-0.39, 0.29) is 29.8 Å². The Hall–Kier alpha value is -3.09. The zero-order valence-electron chi connectivity index (χ0n) is 31.1. The van der Waals surface area contributed by atoms with Crippen molar-refractivity contribution in [1.82, 2.24) is 0 Å². The minimum Gasteiger partial charge on any atom is -0.490 e. The Balaban J connectivity index is 1.24. The predicted octanol–water partition coefficient (Wildman–Crippen LogP) is 7.20. The number of benzene rings is 2. The van der Waals surface area contributed by atoms with E-state index in [0.717, 1.165) is 61.5 Å². The van der Waals surface area contributed by atoms with Gasteiger partial charge in [-0.3, -0.25) is 9.59 Å². The molecule has 1 saturated carbocycles. The number of hydrogen-bond donors (Lipinski definition) is 0. The molecule has 0 aromatic heterocycles. The molecule has 1 spiro atoms. The molecule has 0 N–H and O–H groups in total. The number of fused-ring (bicyclic) bond motifs is 4. The third-order valence-electron chi connectivity index (χ3n) is 12.0. The molecule has 53 heavy (non-hydrogen) atoms. The lowest BCUT2D eigenvalue weighted by atomic mass is 9.68. The fourth-order valence-corrected chi connectivity index (χ4v) is 10.8. The summed E-state index contributed by atoms with van der Waals surface area (Å²) in [4.78, 5) is 33.3. The van der Waals surface area contributed by atoms with Gasteiger partial charge in [0.25, 0.3) is 11.8 Å². The number of rotatable bonds is 5. The average Bonchev–Trinajstić information content (AvgIpc) is 3.27. The third-order valence-corrected chi connectivity index (χ3v) is 14.2. The Bertz CT molecular complexity index is 1880. The summed E-state index contributed by atoms with van der Waals surface area (Å²) in [6.07, 6.45) is 11.3. The van der Waals surface area contributed by atoms with E-state index in [4.69, 9.17) is 30.5 Å². The fraction of sp³-hybridized carbons (Fsp3) is 0.585. The van der Waals surface area contributed by atoms with E-state index in [1.165, 1.54) is 11.1 Å². The lowest BCUT2D eigenvalue weighted by molar-refractivity contribution is -0.137. The molecule has 7 rings (SSSR count). The number of carbonyl (C=O) groups excluding carboxylic acids is 2. The highest BCUT2D eigenvalue weighted by Crippen LogP contribution is 2.47. The highest BCUT2D eigenvalue weighted by Gasteiger charge is 2.44. The quantitative estimate of drug-likeness (QED) is 0.178. The first-order chi connectivity index (χ1) is 25.5. The number of aryl methyl sites for hydroxylation is 1. The first-order valence-corrected chi connectivity index (χ1v) is 21.2. The van der Waals surface area contributed by atoms with Crippen molar-refractivity contribution < 1.29 is 32.7 Å². The van der Waals surface area contributed by atoms with Crippen LogP contribution in [0.2, 0.25) is 5.02 Å². The van der Waals surface area contributed by atoms with Crippen molar-refractivity contribution in [1.29, 1.82) is 0 Å². The minimum absolute atomic E-state index is 0.0539. The van der Waals surface area contributed by atoms with Crippen molar-refractivity contribution in [2.24, 2.45) is 27.1 Å². The van der Waals surface area contributed by atoms with Gasteiger partial charge in [-0.1, -0.05) is 36.7 Å². The summed E-state index contributed by atoms with van der Waals surface area (Å²) in [5.74, 6) is 0.200. The molecular weight excluding hydrogens is 714 g/mol. The number of aliphatic imine (C=N–C) groups is 1. The minimum atomic E-state index is -3.38. The van der Waals surface area contributed by atoms with Gasteiger partial charge >= 0.3 is 0 Å². The van der Waals surface area contributed by atoms with Crippen molar-refractivity contribution in [3.8, 4) is 5.75 Å². The van der Waals surface area contributed by atoms with Gasteiger partial charge in [-0.25, -0.2) is 9.20 Å². The van der Waals surface area contributed by atoms with Crippen LogP contribution in [0.15, 0.2) is 57.9 Å². The highest BCUT2D eigenvalue weighted by atomic mass is 35.5. The van der Waals surface area contributed by atoms with Crippen LogP contribution in [0.1, 0.15) is 80.3 Å². The molecule has 2 fully saturated rings. The number of carbonyl (C=O) groups is 2. The van der Waals surface area contributed by atoms with Gasteiger partial charge < -0.3 is 23.8 Å². The van der Waals surface area contributed by atoms with Crippen LogP contribution in [0, 0.1) is 17.8 Å². The number of allylic oxidation sites excluding steroid dienone is 1. The maximum atomic E-state index is 14.5. The van der Waals surface area contributed by atoms with Crippen molar-refractivity contribution in [3.05, 3.63) is 70.3 Å². The van der Waals surface area contributed by atoms with E-state index in [1.54, 1.807) is 13.2 Å². The van der Waals surface area contributed by atoms with Crippen molar-refractivity contribution in [3.63, 3.8) is 0 Å².